The number of hydrogen-bond donors (Lipinski definition) is 0. The summed E-state index contributed by atoms with van der Waals surface area (Å²) in [5.74, 6) is 0.573. The first-order valence-corrected chi connectivity index (χ1v) is 6.57. The number of hydrogen-bond acceptors (Lipinski definition) is 5. The first kappa shape index (κ1) is 11.9. The van der Waals surface area contributed by atoms with Gasteiger partial charge in [-0.25, -0.2) is 0 Å². The average molecular weight is 249 g/mol. The normalized spacial score (nSPS) is 30.9. The molecule has 2 fully saturated rings. The van der Waals surface area contributed by atoms with Crippen molar-refractivity contribution in [1.29, 1.82) is 0 Å². The molecule has 3 heterocycles. The van der Waals surface area contributed by atoms with Crippen LogP contribution in [0.5, 0.6) is 0 Å². The predicted octanol–water partition coefficient (Wildman–Crippen LogP) is 1.60. The fourth-order valence-electron chi connectivity index (χ4n) is 2.67. The lowest BCUT2D eigenvalue weighted by atomic mass is 10.0. The van der Waals surface area contributed by atoms with Gasteiger partial charge in [0.2, 0.25) is 0 Å². The fourth-order valence-corrected chi connectivity index (χ4v) is 2.67. The van der Waals surface area contributed by atoms with Crippen molar-refractivity contribution in [2.75, 3.05) is 18.0 Å². The number of anilines is 1. The molecule has 0 radical (unpaired) electrons. The van der Waals surface area contributed by atoms with E-state index in [0.717, 1.165) is 31.7 Å². The van der Waals surface area contributed by atoms with E-state index in [9.17, 15) is 0 Å². The summed E-state index contributed by atoms with van der Waals surface area (Å²) in [6, 6.07) is 3.91. The molecule has 0 aromatic carbocycles. The minimum atomic E-state index is -0.364. The van der Waals surface area contributed by atoms with E-state index in [1.165, 1.54) is 0 Å². The van der Waals surface area contributed by atoms with Gasteiger partial charge < -0.3 is 14.4 Å². The SMILES string of the molecule is C[C@@H]1OC2(CCN(c3cccnn3)CC2)O[C@H]1C. The highest BCUT2D eigenvalue weighted by atomic mass is 16.8. The van der Waals surface area contributed by atoms with Gasteiger partial charge in [0, 0.05) is 32.1 Å². The lowest BCUT2D eigenvalue weighted by Crippen LogP contribution is -2.45. The summed E-state index contributed by atoms with van der Waals surface area (Å²) >= 11 is 0. The van der Waals surface area contributed by atoms with Gasteiger partial charge in [-0.2, -0.15) is 5.10 Å². The van der Waals surface area contributed by atoms with Crippen molar-refractivity contribution in [3.63, 3.8) is 0 Å². The highest BCUT2D eigenvalue weighted by molar-refractivity contribution is 5.37. The molecule has 0 aliphatic carbocycles. The Kier molecular flexibility index (Phi) is 2.95. The molecule has 0 saturated carbocycles. The average Bonchev–Trinajstić information content (AvgIpc) is 2.66. The van der Waals surface area contributed by atoms with E-state index in [1.54, 1.807) is 6.20 Å². The van der Waals surface area contributed by atoms with Crippen molar-refractivity contribution in [1.82, 2.24) is 10.2 Å². The van der Waals surface area contributed by atoms with Crippen LogP contribution in [0.1, 0.15) is 26.7 Å². The predicted molar refractivity (Wildman–Crippen MR) is 67.3 cm³/mol. The van der Waals surface area contributed by atoms with Gasteiger partial charge in [0.1, 0.15) is 0 Å². The Hall–Kier alpha value is -1.20. The van der Waals surface area contributed by atoms with Crippen LogP contribution in [-0.2, 0) is 9.47 Å². The molecule has 98 valence electrons. The van der Waals surface area contributed by atoms with Crippen molar-refractivity contribution in [2.24, 2.45) is 0 Å². The van der Waals surface area contributed by atoms with Gasteiger partial charge in [-0.15, -0.1) is 5.10 Å². The standard InChI is InChI=1S/C13H19N3O2/c1-10-11(2)18-13(17-10)5-8-16(9-6-13)12-4-3-7-14-15-12/h3-4,7,10-11H,5-6,8-9H2,1-2H3/t10-,11-/m0/s1. The summed E-state index contributed by atoms with van der Waals surface area (Å²) in [5, 5.41) is 8.06. The zero-order valence-electron chi connectivity index (χ0n) is 10.9. The van der Waals surface area contributed by atoms with Crippen LogP contribution in [-0.4, -0.2) is 41.3 Å². The Morgan fingerprint density at radius 2 is 1.89 bits per heavy atom. The molecule has 2 atom stereocenters. The van der Waals surface area contributed by atoms with Crippen molar-refractivity contribution < 1.29 is 9.47 Å². The van der Waals surface area contributed by atoms with Crippen molar-refractivity contribution in [3.05, 3.63) is 18.3 Å². The molecule has 0 N–H and O–H groups in total. The largest absolute Gasteiger partial charge is 0.355 e. The van der Waals surface area contributed by atoms with Crippen LogP contribution in [0.15, 0.2) is 18.3 Å². The molecule has 1 aromatic heterocycles. The Labute approximate surface area is 107 Å². The van der Waals surface area contributed by atoms with Crippen LogP contribution in [0.4, 0.5) is 5.82 Å². The molecule has 2 aliphatic heterocycles. The molecular formula is C13H19N3O2. The van der Waals surface area contributed by atoms with Gasteiger partial charge in [-0.3, -0.25) is 0 Å². The summed E-state index contributed by atoms with van der Waals surface area (Å²) < 4.78 is 12.0. The molecule has 1 aromatic rings. The fraction of sp³-hybridized carbons (Fsp3) is 0.692. The maximum absolute atomic E-state index is 6.00. The Morgan fingerprint density at radius 1 is 1.22 bits per heavy atom. The number of piperidine rings is 1. The maximum atomic E-state index is 6.00. The molecule has 2 saturated heterocycles. The molecule has 0 unspecified atom stereocenters. The molecule has 1 spiro atoms. The van der Waals surface area contributed by atoms with Crippen molar-refractivity contribution in [2.45, 2.75) is 44.7 Å². The number of aromatic nitrogens is 2. The first-order chi connectivity index (χ1) is 8.69. The highest BCUT2D eigenvalue weighted by Gasteiger charge is 2.46. The van der Waals surface area contributed by atoms with Gasteiger partial charge in [0.05, 0.1) is 12.2 Å². The van der Waals surface area contributed by atoms with Crippen LogP contribution in [0.25, 0.3) is 0 Å². The monoisotopic (exact) mass is 249 g/mol. The summed E-state index contributed by atoms with van der Waals surface area (Å²) in [6.07, 6.45) is 3.85. The quantitative estimate of drug-likeness (QED) is 0.756. The van der Waals surface area contributed by atoms with Crippen LogP contribution in [0.2, 0.25) is 0 Å². The Morgan fingerprint density at radius 3 is 2.44 bits per heavy atom. The van der Waals surface area contributed by atoms with E-state index in [4.69, 9.17) is 9.47 Å². The van der Waals surface area contributed by atoms with E-state index < -0.39 is 0 Å². The van der Waals surface area contributed by atoms with E-state index >= 15 is 0 Å². The van der Waals surface area contributed by atoms with Gasteiger partial charge in [0.15, 0.2) is 11.6 Å². The van der Waals surface area contributed by atoms with Gasteiger partial charge in [-0.05, 0) is 26.0 Å². The maximum Gasteiger partial charge on any atom is 0.172 e. The zero-order chi connectivity index (χ0) is 12.6. The molecule has 5 nitrogen and oxygen atoms in total. The van der Waals surface area contributed by atoms with Crippen LogP contribution in [0.3, 0.4) is 0 Å². The van der Waals surface area contributed by atoms with Crippen LogP contribution in [0, 0.1) is 0 Å². The molecule has 5 heteroatoms. The minimum Gasteiger partial charge on any atom is -0.355 e. The number of ether oxygens (including phenoxy) is 2. The van der Waals surface area contributed by atoms with Crippen molar-refractivity contribution in [3.8, 4) is 0 Å². The third-order valence-electron chi connectivity index (χ3n) is 3.87. The summed E-state index contributed by atoms with van der Waals surface area (Å²) in [4.78, 5) is 2.23. The van der Waals surface area contributed by atoms with E-state index in [1.807, 2.05) is 12.1 Å². The van der Waals surface area contributed by atoms with Gasteiger partial charge in [-0.1, -0.05) is 0 Å². The molecule has 18 heavy (non-hydrogen) atoms. The van der Waals surface area contributed by atoms with Crippen LogP contribution >= 0.6 is 0 Å². The molecule has 2 aliphatic rings. The third-order valence-corrected chi connectivity index (χ3v) is 3.87. The molecule has 0 bridgehead atoms. The third kappa shape index (κ3) is 2.08. The number of nitrogens with zero attached hydrogens (tertiary/aromatic N) is 3. The second-order valence-electron chi connectivity index (χ2n) is 5.13. The Bertz CT molecular complexity index is 392. The lowest BCUT2D eigenvalue weighted by molar-refractivity contribution is -0.185. The first-order valence-electron chi connectivity index (χ1n) is 6.57. The van der Waals surface area contributed by atoms with Crippen molar-refractivity contribution >= 4 is 5.82 Å². The zero-order valence-corrected chi connectivity index (χ0v) is 10.9. The highest BCUT2D eigenvalue weighted by Crippen LogP contribution is 2.37. The minimum absolute atomic E-state index is 0.188. The second kappa shape index (κ2) is 4.48. The van der Waals surface area contributed by atoms with Gasteiger partial charge in [0.25, 0.3) is 0 Å². The van der Waals surface area contributed by atoms with E-state index in [2.05, 4.69) is 28.9 Å². The van der Waals surface area contributed by atoms with Gasteiger partial charge >= 0.3 is 0 Å². The van der Waals surface area contributed by atoms with Crippen LogP contribution < -0.4 is 4.90 Å². The topological polar surface area (TPSA) is 47.5 Å². The molecule has 0 amide bonds. The number of rotatable bonds is 1. The Balaban J connectivity index is 1.65. The molecular weight excluding hydrogens is 230 g/mol. The summed E-state index contributed by atoms with van der Waals surface area (Å²) in [5.41, 5.74) is 0. The smallest absolute Gasteiger partial charge is 0.172 e. The van der Waals surface area contributed by atoms with E-state index in [-0.39, 0.29) is 18.0 Å². The summed E-state index contributed by atoms with van der Waals surface area (Å²) in [6.45, 7) is 5.96. The second-order valence-corrected chi connectivity index (χ2v) is 5.13. The summed E-state index contributed by atoms with van der Waals surface area (Å²) in [7, 11) is 0. The lowest BCUT2D eigenvalue weighted by Gasteiger charge is -2.38. The van der Waals surface area contributed by atoms with E-state index in [0.29, 0.717) is 0 Å². The molecule has 3 rings (SSSR count).